The third-order valence-corrected chi connectivity index (χ3v) is 5.18. The van der Waals surface area contributed by atoms with E-state index in [0.717, 1.165) is 44.3 Å². The van der Waals surface area contributed by atoms with Crippen molar-refractivity contribution in [2.45, 2.75) is 51.7 Å². The molecule has 20 heavy (non-hydrogen) atoms. The van der Waals surface area contributed by atoms with Crippen molar-refractivity contribution < 1.29 is 9.84 Å². The molecule has 4 nitrogen and oxygen atoms in total. The first-order chi connectivity index (χ1) is 9.60. The van der Waals surface area contributed by atoms with Gasteiger partial charge >= 0.3 is 0 Å². The monoisotopic (exact) mass is 284 g/mol. The van der Waals surface area contributed by atoms with Crippen LogP contribution in [0.2, 0.25) is 0 Å². The zero-order chi connectivity index (χ0) is 14.5. The molecule has 4 heteroatoms. The van der Waals surface area contributed by atoms with E-state index in [0.29, 0.717) is 24.7 Å². The molecular weight excluding hydrogens is 252 g/mol. The van der Waals surface area contributed by atoms with Gasteiger partial charge < -0.3 is 20.5 Å². The maximum Gasteiger partial charge on any atom is 0.0701 e. The molecule has 0 amide bonds. The fourth-order valence-electron chi connectivity index (χ4n) is 4.06. The average molecular weight is 284 g/mol. The molecule has 0 aromatic rings. The predicted molar refractivity (Wildman–Crippen MR) is 81.5 cm³/mol. The number of aliphatic hydroxyl groups excluding tert-OH is 1. The van der Waals surface area contributed by atoms with Crippen LogP contribution in [-0.4, -0.2) is 55.0 Å². The fourth-order valence-corrected chi connectivity index (χ4v) is 4.06. The highest BCUT2D eigenvalue weighted by molar-refractivity contribution is 4.88. The number of hydrogen-bond donors (Lipinski definition) is 2. The Kier molecular flexibility index (Phi) is 6.27. The largest absolute Gasteiger partial charge is 0.394 e. The van der Waals surface area contributed by atoms with Gasteiger partial charge in [-0.05, 0) is 43.4 Å². The summed E-state index contributed by atoms with van der Waals surface area (Å²) in [6.45, 7) is 8.69. The van der Waals surface area contributed by atoms with Gasteiger partial charge in [0.05, 0.1) is 19.3 Å². The molecule has 118 valence electrons. The van der Waals surface area contributed by atoms with E-state index in [1.54, 1.807) is 0 Å². The van der Waals surface area contributed by atoms with Crippen LogP contribution in [0.25, 0.3) is 0 Å². The van der Waals surface area contributed by atoms with Crippen LogP contribution in [0.5, 0.6) is 0 Å². The molecular formula is C16H32N2O2. The summed E-state index contributed by atoms with van der Waals surface area (Å²) in [5, 5.41) is 8.80. The first kappa shape index (κ1) is 16.2. The number of likely N-dealkylation sites (tertiary alicyclic amines) is 1. The minimum atomic E-state index is 0.132. The molecule has 0 aromatic carbocycles. The van der Waals surface area contributed by atoms with Crippen LogP contribution >= 0.6 is 0 Å². The molecule has 0 aromatic heterocycles. The zero-order valence-electron chi connectivity index (χ0n) is 13.1. The first-order valence-corrected chi connectivity index (χ1v) is 8.30. The number of nitrogens with zero attached hydrogens (tertiary/aromatic N) is 1. The Labute approximate surface area is 123 Å². The molecule has 4 unspecified atom stereocenters. The summed E-state index contributed by atoms with van der Waals surface area (Å²) >= 11 is 0. The molecule has 0 bridgehead atoms. The zero-order valence-corrected chi connectivity index (χ0v) is 13.1. The van der Waals surface area contributed by atoms with Gasteiger partial charge in [-0.3, -0.25) is 0 Å². The van der Waals surface area contributed by atoms with Gasteiger partial charge in [0.25, 0.3) is 0 Å². The first-order valence-electron chi connectivity index (χ1n) is 8.30. The molecule has 0 radical (unpaired) electrons. The van der Waals surface area contributed by atoms with Crippen molar-refractivity contribution in [1.29, 1.82) is 0 Å². The molecule has 2 rings (SSSR count). The van der Waals surface area contributed by atoms with E-state index < -0.39 is 0 Å². The lowest BCUT2D eigenvalue weighted by Crippen LogP contribution is -2.48. The SMILES string of the molecule is CC1CC(C)C(CN2CCC(OCCO)CC2)C(N)C1. The van der Waals surface area contributed by atoms with Gasteiger partial charge in [0.1, 0.15) is 0 Å². The molecule has 1 saturated carbocycles. The van der Waals surface area contributed by atoms with Gasteiger partial charge in [-0.2, -0.15) is 0 Å². The van der Waals surface area contributed by atoms with Gasteiger partial charge in [0.15, 0.2) is 0 Å². The number of ether oxygens (including phenoxy) is 1. The Morgan fingerprint density at radius 2 is 1.90 bits per heavy atom. The van der Waals surface area contributed by atoms with Crippen molar-refractivity contribution in [2.24, 2.45) is 23.5 Å². The van der Waals surface area contributed by atoms with Crippen molar-refractivity contribution in [3.05, 3.63) is 0 Å². The van der Waals surface area contributed by atoms with Crippen LogP contribution in [0.3, 0.4) is 0 Å². The van der Waals surface area contributed by atoms with Crippen molar-refractivity contribution in [3.8, 4) is 0 Å². The Balaban J connectivity index is 1.74. The highest BCUT2D eigenvalue weighted by Gasteiger charge is 2.33. The summed E-state index contributed by atoms with van der Waals surface area (Å²) < 4.78 is 5.63. The highest BCUT2D eigenvalue weighted by Crippen LogP contribution is 2.33. The lowest BCUT2D eigenvalue weighted by atomic mass is 9.72. The number of hydrogen-bond acceptors (Lipinski definition) is 4. The van der Waals surface area contributed by atoms with Crippen LogP contribution in [0.4, 0.5) is 0 Å². The van der Waals surface area contributed by atoms with Crippen molar-refractivity contribution >= 4 is 0 Å². The second-order valence-electron chi connectivity index (χ2n) is 6.98. The van der Waals surface area contributed by atoms with Gasteiger partial charge in [-0.15, -0.1) is 0 Å². The quantitative estimate of drug-likeness (QED) is 0.802. The number of piperidine rings is 1. The lowest BCUT2D eigenvalue weighted by molar-refractivity contribution is -0.0139. The highest BCUT2D eigenvalue weighted by atomic mass is 16.5. The summed E-state index contributed by atoms with van der Waals surface area (Å²) in [7, 11) is 0. The minimum Gasteiger partial charge on any atom is -0.394 e. The number of nitrogens with two attached hydrogens (primary N) is 1. The summed E-state index contributed by atoms with van der Waals surface area (Å²) in [6.07, 6.45) is 5.04. The Morgan fingerprint density at radius 3 is 2.50 bits per heavy atom. The molecule has 0 spiro atoms. The normalized spacial score (nSPS) is 37.2. The molecule has 3 N–H and O–H groups in total. The molecule has 1 heterocycles. The van der Waals surface area contributed by atoms with E-state index in [2.05, 4.69) is 18.7 Å². The molecule has 2 fully saturated rings. The van der Waals surface area contributed by atoms with Crippen LogP contribution in [0, 0.1) is 17.8 Å². The van der Waals surface area contributed by atoms with E-state index in [4.69, 9.17) is 15.6 Å². The van der Waals surface area contributed by atoms with Crippen molar-refractivity contribution in [2.75, 3.05) is 32.8 Å². The van der Waals surface area contributed by atoms with E-state index in [-0.39, 0.29) is 6.61 Å². The lowest BCUT2D eigenvalue weighted by Gasteiger charge is -2.42. The summed E-state index contributed by atoms with van der Waals surface area (Å²) in [6, 6.07) is 0.372. The maximum absolute atomic E-state index is 8.80. The minimum absolute atomic E-state index is 0.132. The van der Waals surface area contributed by atoms with Gasteiger partial charge in [0.2, 0.25) is 0 Å². The molecule has 1 saturated heterocycles. The topological polar surface area (TPSA) is 58.7 Å². The number of aliphatic hydroxyl groups is 1. The van der Waals surface area contributed by atoms with E-state index in [9.17, 15) is 0 Å². The predicted octanol–water partition coefficient (Wildman–Crippen LogP) is 1.47. The van der Waals surface area contributed by atoms with Gasteiger partial charge in [0, 0.05) is 25.7 Å². The van der Waals surface area contributed by atoms with E-state index >= 15 is 0 Å². The third-order valence-electron chi connectivity index (χ3n) is 5.18. The fraction of sp³-hybridized carbons (Fsp3) is 1.00. The third kappa shape index (κ3) is 4.42. The van der Waals surface area contributed by atoms with E-state index in [1.807, 2.05) is 0 Å². The summed E-state index contributed by atoms with van der Waals surface area (Å²) in [4.78, 5) is 2.57. The summed E-state index contributed by atoms with van der Waals surface area (Å²) in [5.41, 5.74) is 6.39. The standard InChI is InChI=1S/C16H32N2O2/c1-12-9-13(2)15(16(17)10-12)11-18-5-3-14(4-6-18)20-8-7-19/h12-16,19H,3-11,17H2,1-2H3. The summed E-state index contributed by atoms with van der Waals surface area (Å²) in [5.74, 6) is 2.19. The smallest absolute Gasteiger partial charge is 0.0701 e. The van der Waals surface area contributed by atoms with Crippen LogP contribution in [0.15, 0.2) is 0 Å². The maximum atomic E-state index is 8.80. The van der Waals surface area contributed by atoms with Crippen LogP contribution in [-0.2, 0) is 4.74 Å². The Hall–Kier alpha value is -0.160. The van der Waals surface area contributed by atoms with E-state index in [1.165, 1.54) is 12.8 Å². The molecule has 1 aliphatic heterocycles. The second-order valence-corrected chi connectivity index (χ2v) is 6.98. The van der Waals surface area contributed by atoms with Crippen molar-refractivity contribution in [3.63, 3.8) is 0 Å². The molecule has 1 aliphatic carbocycles. The number of rotatable bonds is 5. The molecule has 2 aliphatic rings. The van der Waals surface area contributed by atoms with Gasteiger partial charge in [-0.1, -0.05) is 13.8 Å². The van der Waals surface area contributed by atoms with Gasteiger partial charge in [-0.25, -0.2) is 0 Å². The Morgan fingerprint density at radius 1 is 1.20 bits per heavy atom. The average Bonchev–Trinajstić information content (AvgIpc) is 2.42. The van der Waals surface area contributed by atoms with Crippen molar-refractivity contribution in [1.82, 2.24) is 4.90 Å². The van der Waals surface area contributed by atoms with Crippen LogP contribution in [0.1, 0.15) is 39.5 Å². The Bertz CT molecular complexity index is 268. The second kappa shape index (κ2) is 7.74. The molecule has 4 atom stereocenters. The van der Waals surface area contributed by atoms with Crippen LogP contribution < -0.4 is 5.73 Å².